The first kappa shape index (κ1) is 11.0. The number of ether oxygens (including phenoxy) is 1. The van der Waals surface area contributed by atoms with E-state index in [2.05, 4.69) is 21.6 Å². The van der Waals surface area contributed by atoms with Gasteiger partial charge in [-0.25, -0.2) is 0 Å². The lowest BCUT2D eigenvalue weighted by molar-refractivity contribution is 0.321. The maximum Gasteiger partial charge on any atom is 0.340 e. The number of nitrogens with zero attached hydrogens (tertiary/aromatic N) is 4. The summed E-state index contributed by atoms with van der Waals surface area (Å²) in [7, 11) is 0. The van der Waals surface area contributed by atoms with Gasteiger partial charge in [-0.05, 0) is 47.9 Å². The van der Waals surface area contributed by atoms with E-state index in [4.69, 9.17) is 4.74 Å². The third-order valence-corrected chi connectivity index (χ3v) is 3.02. The molecule has 0 radical (unpaired) electrons. The maximum atomic E-state index is 5.59. The van der Waals surface area contributed by atoms with Crippen molar-refractivity contribution < 1.29 is 4.74 Å². The molecule has 1 heterocycles. The van der Waals surface area contributed by atoms with Crippen molar-refractivity contribution in [3.05, 3.63) is 42.0 Å². The number of hydrogen-bond acceptors (Lipinski definition) is 4. The molecule has 1 aromatic heterocycles. The molecule has 1 aliphatic rings. The topological polar surface area (TPSA) is 52.8 Å². The van der Waals surface area contributed by atoms with E-state index in [-0.39, 0.29) is 0 Å². The van der Waals surface area contributed by atoms with E-state index < -0.39 is 0 Å². The third-order valence-electron chi connectivity index (χ3n) is 3.02. The number of aromatic nitrogens is 4. The number of hydrogen-bond donors (Lipinski definition) is 0. The van der Waals surface area contributed by atoms with Gasteiger partial charge in [0, 0.05) is 0 Å². The highest BCUT2D eigenvalue weighted by molar-refractivity contribution is 5.31. The number of allylic oxidation sites excluding steroid dienone is 1. The van der Waals surface area contributed by atoms with E-state index >= 15 is 0 Å². The van der Waals surface area contributed by atoms with Gasteiger partial charge in [-0.3, -0.25) is 0 Å². The highest BCUT2D eigenvalue weighted by atomic mass is 16.5. The van der Waals surface area contributed by atoms with E-state index in [0.717, 1.165) is 5.69 Å². The summed E-state index contributed by atoms with van der Waals surface area (Å²) in [5.74, 6) is 0. The molecule has 5 heteroatoms. The molecule has 18 heavy (non-hydrogen) atoms. The molecule has 1 saturated carbocycles. The zero-order valence-corrected chi connectivity index (χ0v) is 9.99. The van der Waals surface area contributed by atoms with Crippen molar-refractivity contribution in [2.45, 2.75) is 19.3 Å². The monoisotopic (exact) mass is 242 g/mol. The van der Waals surface area contributed by atoms with Crippen molar-refractivity contribution in [3.8, 4) is 11.7 Å². The van der Waals surface area contributed by atoms with Gasteiger partial charge < -0.3 is 4.74 Å². The zero-order valence-electron chi connectivity index (χ0n) is 9.99. The average Bonchev–Trinajstić information content (AvgIpc) is 2.82. The average molecular weight is 242 g/mol. The minimum Gasteiger partial charge on any atom is -0.458 e. The molecule has 1 aliphatic carbocycles. The van der Waals surface area contributed by atoms with Crippen molar-refractivity contribution in [1.29, 1.82) is 0 Å². The van der Waals surface area contributed by atoms with Crippen LogP contribution in [-0.2, 0) is 0 Å². The largest absolute Gasteiger partial charge is 0.458 e. The van der Waals surface area contributed by atoms with Gasteiger partial charge >= 0.3 is 6.01 Å². The second-order valence-corrected chi connectivity index (χ2v) is 4.24. The summed E-state index contributed by atoms with van der Waals surface area (Å²) >= 11 is 0. The number of benzene rings is 1. The van der Waals surface area contributed by atoms with Crippen LogP contribution in [0.15, 0.2) is 42.0 Å². The fourth-order valence-electron chi connectivity index (χ4n) is 1.82. The van der Waals surface area contributed by atoms with Crippen LogP contribution in [0.3, 0.4) is 0 Å². The normalized spacial score (nSPS) is 14.1. The molecule has 1 fully saturated rings. The minimum atomic E-state index is 0.428. The molecule has 0 amide bonds. The van der Waals surface area contributed by atoms with Gasteiger partial charge in [0.25, 0.3) is 0 Å². The van der Waals surface area contributed by atoms with E-state index in [1.165, 1.54) is 24.8 Å². The predicted molar refractivity (Wildman–Crippen MR) is 66.6 cm³/mol. The lowest BCUT2D eigenvalue weighted by Crippen LogP contribution is -2.06. The molecular formula is C13H14N4O. The summed E-state index contributed by atoms with van der Waals surface area (Å²) in [6.45, 7) is 0.530. The molecule has 0 aliphatic heterocycles. The molecule has 0 spiro atoms. The Morgan fingerprint density at radius 1 is 1.22 bits per heavy atom. The number of para-hydroxylation sites is 1. The van der Waals surface area contributed by atoms with Crippen LogP contribution in [-0.4, -0.2) is 26.8 Å². The molecule has 2 aromatic rings. The minimum absolute atomic E-state index is 0.428. The van der Waals surface area contributed by atoms with Gasteiger partial charge in [-0.1, -0.05) is 28.9 Å². The maximum absolute atomic E-state index is 5.59. The highest BCUT2D eigenvalue weighted by Gasteiger charge is 2.10. The molecule has 0 N–H and O–H groups in total. The van der Waals surface area contributed by atoms with Crippen molar-refractivity contribution in [2.24, 2.45) is 0 Å². The summed E-state index contributed by atoms with van der Waals surface area (Å²) < 4.78 is 7.18. The standard InChI is InChI=1S/C13H14N4O/c1-2-7-12(8-3-1)17-13(14-15-16-17)18-10-9-11-5-4-6-11/h1-3,7-9H,4-6,10H2. The lowest BCUT2D eigenvalue weighted by atomic mass is 9.92. The summed E-state index contributed by atoms with van der Waals surface area (Å²) in [5, 5.41) is 11.5. The van der Waals surface area contributed by atoms with Gasteiger partial charge in [0.15, 0.2) is 0 Å². The Hall–Kier alpha value is -2.17. The smallest absolute Gasteiger partial charge is 0.340 e. The Balaban J connectivity index is 1.71. The molecule has 3 rings (SSSR count). The van der Waals surface area contributed by atoms with Gasteiger partial charge in [0.05, 0.1) is 5.69 Å². The molecule has 5 nitrogen and oxygen atoms in total. The van der Waals surface area contributed by atoms with Gasteiger partial charge in [0.2, 0.25) is 0 Å². The molecule has 92 valence electrons. The van der Waals surface area contributed by atoms with Crippen molar-refractivity contribution >= 4 is 0 Å². The van der Waals surface area contributed by atoms with Crippen LogP contribution >= 0.6 is 0 Å². The number of rotatable bonds is 4. The summed E-state index contributed by atoms with van der Waals surface area (Å²) in [6.07, 6.45) is 5.82. The van der Waals surface area contributed by atoms with Crippen LogP contribution < -0.4 is 4.74 Å². The van der Waals surface area contributed by atoms with Crippen LogP contribution in [0.2, 0.25) is 0 Å². The first-order valence-corrected chi connectivity index (χ1v) is 6.08. The van der Waals surface area contributed by atoms with Crippen LogP contribution in [0.25, 0.3) is 5.69 Å². The third kappa shape index (κ3) is 2.25. The first-order valence-electron chi connectivity index (χ1n) is 6.08. The van der Waals surface area contributed by atoms with Crippen LogP contribution in [0.1, 0.15) is 19.3 Å². The zero-order chi connectivity index (χ0) is 12.2. The summed E-state index contributed by atoms with van der Waals surface area (Å²) in [6, 6.07) is 10.1. The van der Waals surface area contributed by atoms with Gasteiger partial charge in [-0.15, -0.1) is 0 Å². The molecular weight excluding hydrogens is 228 g/mol. The Bertz CT molecular complexity index is 541. The Kier molecular flexibility index (Phi) is 3.04. The molecule has 0 bridgehead atoms. The highest BCUT2D eigenvalue weighted by Crippen LogP contribution is 2.24. The van der Waals surface area contributed by atoms with Crippen molar-refractivity contribution in [2.75, 3.05) is 6.61 Å². The second-order valence-electron chi connectivity index (χ2n) is 4.24. The van der Waals surface area contributed by atoms with Crippen molar-refractivity contribution in [3.63, 3.8) is 0 Å². The fraction of sp³-hybridized carbons (Fsp3) is 0.308. The van der Waals surface area contributed by atoms with E-state index in [1.807, 2.05) is 30.3 Å². The number of tetrazole rings is 1. The van der Waals surface area contributed by atoms with Gasteiger partial charge in [-0.2, -0.15) is 4.68 Å². The quantitative estimate of drug-likeness (QED) is 0.771. The van der Waals surface area contributed by atoms with Crippen LogP contribution in [0, 0.1) is 0 Å². The second kappa shape index (κ2) is 5.00. The SMILES string of the molecule is C(COc1nnnn1-c1ccccc1)=C1CCC1. The molecule has 0 unspecified atom stereocenters. The summed E-state index contributed by atoms with van der Waals surface area (Å²) in [4.78, 5) is 0. The van der Waals surface area contributed by atoms with Crippen molar-refractivity contribution in [1.82, 2.24) is 20.2 Å². The van der Waals surface area contributed by atoms with E-state index in [9.17, 15) is 0 Å². The van der Waals surface area contributed by atoms with Crippen LogP contribution in [0.5, 0.6) is 6.01 Å². The van der Waals surface area contributed by atoms with E-state index in [1.54, 1.807) is 4.68 Å². The predicted octanol–water partition coefficient (Wildman–Crippen LogP) is 2.15. The molecule has 1 aromatic carbocycles. The first-order chi connectivity index (χ1) is 8.93. The Morgan fingerprint density at radius 3 is 2.78 bits per heavy atom. The van der Waals surface area contributed by atoms with E-state index in [0.29, 0.717) is 12.6 Å². The summed E-state index contributed by atoms with van der Waals surface area (Å²) in [5.41, 5.74) is 2.36. The molecule has 0 saturated heterocycles. The Morgan fingerprint density at radius 2 is 2.06 bits per heavy atom. The van der Waals surface area contributed by atoms with Crippen LogP contribution in [0.4, 0.5) is 0 Å². The molecule has 0 atom stereocenters. The Labute approximate surface area is 105 Å². The fourth-order valence-corrected chi connectivity index (χ4v) is 1.82. The van der Waals surface area contributed by atoms with Gasteiger partial charge in [0.1, 0.15) is 6.61 Å². The lowest BCUT2D eigenvalue weighted by Gasteiger charge is -2.15.